The number of nitrogens with one attached hydrogen (secondary N) is 1. The molecule has 26 heavy (non-hydrogen) atoms. The van der Waals surface area contributed by atoms with Crippen LogP contribution in [-0.2, 0) is 17.6 Å². The van der Waals surface area contributed by atoms with E-state index < -0.39 is 0 Å². The Bertz CT molecular complexity index is 907. The smallest absolute Gasteiger partial charge is 0.226 e. The standard InChI is InChI=1S/C20H18Cl2N2O2/c1-13-18(24-20(26-13)15-5-3-2-4-6-15)12-19(25)23-10-9-14-7-8-16(21)11-17(14)22/h2-8,11H,9-10,12H2,1H3,(H,23,25). The fourth-order valence-corrected chi connectivity index (χ4v) is 3.07. The average molecular weight is 389 g/mol. The third-order valence-corrected chi connectivity index (χ3v) is 4.56. The van der Waals surface area contributed by atoms with Crippen molar-refractivity contribution in [3.05, 3.63) is 75.6 Å². The summed E-state index contributed by atoms with van der Waals surface area (Å²) >= 11 is 12.0. The molecule has 1 heterocycles. The lowest BCUT2D eigenvalue weighted by Crippen LogP contribution is -2.27. The van der Waals surface area contributed by atoms with E-state index in [2.05, 4.69) is 10.3 Å². The monoisotopic (exact) mass is 388 g/mol. The summed E-state index contributed by atoms with van der Waals surface area (Å²) in [6.07, 6.45) is 0.811. The molecular formula is C20H18Cl2N2O2. The lowest BCUT2D eigenvalue weighted by molar-refractivity contribution is -0.120. The van der Waals surface area contributed by atoms with Crippen molar-refractivity contribution in [1.82, 2.24) is 10.3 Å². The van der Waals surface area contributed by atoms with Crippen LogP contribution in [-0.4, -0.2) is 17.4 Å². The second kappa shape index (κ2) is 8.39. The number of carbonyl (C=O) groups excluding carboxylic acids is 1. The van der Waals surface area contributed by atoms with E-state index >= 15 is 0 Å². The summed E-state index contributed by atoms with van der Waals surface area (Å²) in [7, 11) is 0. The molecule has 0 unspecified atom stereocenters. The van der Waals surface area contributed by atoms with Crippen LogP contribution in [0.3, 0.4) is 0 Å². The Kier molecular flexibility index (Phi) is 5.96. The number of rotatable bonds is 6. The van der Waals surface area contributed by atoms with Crippen molar-refractivity contribution in [3.8, 4) is 11.5 Å². The molecule has 1 amide bonds. The molecule has 0 aliphatic heterocycles. The van der Waals surface area contributed by atoms with Crippen LogP contribution in [0.1, 0.15) is 17.0 Å². The largest absolute Gasteiger partial charge is 0.441 e. The molecule has 6 heteroatoms. The van der Waals surface area contributed by atoms with Gasteiger partial charge in [0.05, 0.1) is 12.1 Å². The second-order valence-corrected chi connectivity index (χ2v) is 6.74. The number of nitrogens with zero attached hydrogens (tertiary/aromatic N) is 1. The zero-order valence-electron chi connectivity index (χ0n) is 14.3. The summed E-state index contributed by atoms with van der Waals surface area (Å²) < 4.78 is 5.68. The third kappa shape index (κ3) is 4.65. The molecule has 0 radical (unpaired) electrons. The van der Waals surface area contributed by atoms with Crippen molar-refractivity contribution >= 4 is 29.1 Å². The maximum atomic E-state index is 12.2. The van der Waals surface area contributed by atoms with Gasteiger partial charge in [-0.3, -0.25) is 4.79 Å². The van der Waals surface area contributed by atoms with Crippen molar-refractivity contribution in [2.45, 2.75) is 19.8 Å². The van der Waals surface area contributed by atoms with Gasteiger partial charge >= 0.3 is 0 Å². The van der Waals surface area contributed by atoms with Crippen molar-refractivity contribution < 1.29 is 9.21 Å². The van der Waals surface area contributed by atoms with Crippen LogP contribution in [0.4, 0.5) is 0 Å². The predicted molar refractivity (Wildman–Crippen MR) is 104 cm³/mol. The predicted octanol–water partition coefficient (Wildman–Crippen LogP) is 4.86. The Morgan fingerprint density at radius 3 is 2.65 bits per heavy atom. The minimum Gasteiger partial charge on any atom is -0.441 e. The van der Waals surface area contributed by atoms with Gasteiger partial charge in [-0.2, -0.15) is 0 Å². The molecule has 0 saturated carbocycles. The number of benzene rings is 2. The molecule has 1 N–H and O–H groups in total. The van der Waals surface area contributed by atoms with Crippen LogP contribution >= 0.6 is 23.2 Å². The number of aromatic nitrogens is 1. The zero-order chi connectivity index (χ0) is 18.5. The Morgan fingerprint density at radius 1 is 1.15 bits per heavy atom. The number of carbonyl (C=O) groups is 1. The molecule has 3 rings (SSSR count). The van der Waals surface area contributed by atoms with E-state index in [1.165, 1.54) is 0 Å². The van der Waals surface area contributed by atoms with E-state index in [1.54, 1.807) is 12.1 Å². The fraction of sp³-hybridized carbons (Fsp3) is 0.200. The Balaban J connectivity index is 1.56. The normalized spacial score (nSPS) is 10.7. The van der Waals surface area contributed by atoms with E-state index in [4.69, 9.17) is 27.6 Å². The zero-order valence-corrected chi connectivity index (χ0v) is 15.8. The van der Waals surface area contributed by atoms with Crippen molar-refractivity contribution in [2.24, 2.45) is 0 Å². The summed E-state index contributed by atoms with van der Waals surface area (Å²) in [6.45, 7) is 2.30. The molecule has 2 aromatic carbocycles. The van der Waals surface area contributed by atoms with E-state index in [1.807, 2.05) is 43.3 Å². The lowest BCUT2D eigenvalue weighted by atomic mass is 10.1. The molecule has 1 aromatic heterocycles. The van der Waals surface area contributed by atoms with Gasteiger partial charge in [0.15, 0.2) is 0 Å². The van der Waals surface area contributed by atoms with Gasteiger partial charge in [0.25, 0.3) is 0 Å². The lowest BCUT2D eigenvalue weighted by Gasteiger charge is -2.06. The first-order valence-electron chi connectivity index (χ1n) is 8.25. The molecule has 0 fully saturated rings. The summed E-state index contributed by atoms with van der Waals surface area (Å²) in [5.74, 6) is 1.07. The van der Waals surface area contributed by atoms with Crippen LogP contribution in [0, 0.1) is 6.92 Å². The number of amides is 1. The van der Waals surface area contributed by atoms with Gasteiger partial charge in [-0.15, -0.1) is 0 Å². The number of oxazole rings is 1. The highest BCUT2D eigenvalue weighted by Gasteiger charge is 2.14. The highest BCUT2D eigenvalue weighted by Crippen LogP contribution is 2.22. The van der Waals surface area contributed by atoms with Crippen LogP contribution < -0.4 is 5.32 Å². The molecule has 0 atom stereocenters. The Morgan fingerprint density at radius 2 is 1.92 bits per heavy atom. The number of halogens is 2. The van der Waals surface area contributed by atoms with Crippen molar-refractivity contribution in [1.29, 1.82) is 0 Å². The van der Waals surface area contributed by atoms with E-state index in [0.717, 1.165) is 11.1 Å². The molecule has 0 bridgehead atoms. The maximum Gasteiger partial charge on any atom is 0.226 e. The van der Waals surface area contributed by atoms with Gasteiger partial charge in [-0.05, 0) is 43.2 Å². The molecule has 3 aromatic rings. The van der Waals surface area contributed by atoms with Gasteiger partial charge < -0.3 is 9.73 Å². The van der Waals surface area contributed by atoms with E-state index in [9.17, 15) is 4.79 Å². The molecule has 0 aliphatic rings. The van der Waals surface area contributed by atoms with Crippen LogP contribution in [0.5, 0.6) is 0 Å². The molecule has 0 saturated heterocycles. The Hall–Kier alpha value is -2.30. The molecule has 0 aliphatic carbocycles. The van der Waals surface area contributed by atoms with Gasteiger partial charge in [0, 0.05) is 22.2 Å². The van der Waals surface area contributed by atoms with Crippen molar-refractivity contribution in [2.75, 3.05) is 6.54 Å². The van der Waals surface area contributed by atoms with Crippen LogP contribution in [0.15, 0.2) is 52.9 Å². The first kappa shape index (κ1) is 18.5. The first-order valence-corrected chi connectivity index (χ1v) is 9.01. The highest BCUT2D eigenvalue weighted by molar-refractivity contribution is 6.35. The van der Waals surface area contributed by atoms with Gasteiger partial charge in [0.1, 0.15) is 5.76 Å². The highest BCUT2D eigenvalue weighted by atomic mass is 35.5. The maximum absolute atomic E-state index is 12.2. The molecule has 0 spiro atoms. The summed E-state index contributed by atoms with van der Waals surface area (Å²) in [5, 5.41) is 4.08. The van der Waals surface area contributed by atoms with Gasteiger partial charge in [-0.25, -0.2) is 4.98 Å². The SMILES string of the molecule is Cc1oc(-c2ccccc2)nc1CC(=O)NCCc1ccc(Cl)cc1Cl. The quantitative estimate of drug-likeness (QED) is 0.655. The average Bonchev–Trinajstić information content (AvgIpc) is 2.98. The molecule has 134 valence electrons. The van der Waals surface area contributed by atoms with Crippen molar-refractivity contribution in [3.63, 3.8) is 0 Å². The van der Waals surface area contributed by atoms with Gasteiger partial charge in [0.2, 0.25) is 11.8 Å². The minimum atomic E-state index is -0.105. The third-order valence-electron chi connectivity index (χ3n) is 3.97. The number of hydrogen-bond acceptors (Lipinski definition) is 3. The number of aryl methyl sites for hydroxylation is 1. The first-order chi connectivity index (χ1) is 12.5. The van der Waals surface area contributed by atoms with E-state index in [0.29, 0.717) is 40.4 Å². The summed E-state index contributed by atoms with van der Waals surface area (Å²) in [5.41, 5.74) is 2.48. The fourth-order valence-electron chi connectivity index (χ4n) is 2.57. The van der Waals surface area contributed by atoms with Crippen LogP contribution in [0.25, 0.3) is 11.5 Å². The second-order valence-electron chi connectivity index (χ2n) is 5.90. The van der Waals surface area contributed by atoms with Crippen LogP contribution in [0.2, 0.25) is 10.0 Å². The Labute approximate surface area is 162 Å². The molecular weight excluding hydrogens is 371 g/mol. The topological polar surface area (TPSA) is 55.1 Å². The number of hydrogen-bond donors (Lipinski definition) is 1. The molecule has 4 nitrogen and oxygen atoms in total. The van der Waals surface area contributed by atoms with E-state index in [-0.39, 0.29) is 12.3 Å². The summed E-state index contributed by atoms with van der Waals surface area (Å²) in [6, 6.07) is 15.0. The summed E-state index contributed by atoms with van der Waals surface area (Å²) in [4.78, 5) is 16.6. The minimum absolute atomic E-state index is 0.105. The van der Waals surface area contributed by atoms with Gasteiger partial charge in [-0.1, -0.05) is 47.5 Å².